The van der Waals surface area contributed by atoms with Crippen LogP contribution in [0.4, 0.5) is 5.69 Å². The van der Waals surface area contributed by atoms with E-state index < -0.39 is 0 Å². The SMILES string of the molecule is CN1c2cc(Cl)ccc2SCC1CCN. The highest BCUT2D eigenvalue weighted by Gasteiger charge is 2.23. The molecule has 82 valence electrons. The van der Waals surface area contributed by atoms with Gasteiger partial charge in [0, 0.05) is 28.8 Å². The van der Waals surface area contributed by atoms with Crippen molar-refractivity contribution >= 4 is 29.1 Å². The summed E-state index contributed by atoms with van der Waals surface area (Å²) < 4.78 is 0. The van der Waals surface area contributed by atoms with E-state index in [1.807, 2.05) is 23.9 Å². The molecule has 0 aliphatic carbocycles. The van der Waals surface area contributed by atoms with Crippen LogP contribution in [0.2, 0.25) is 5.02 Å². The van der Waals surface area contributed by atoms with Gasteiger partial charge >= 0.3 is 0 Å². The van der Waals surface area contributed by atoms with Gasteiger partial charge in [-0.3, -0.25) is 0 Å². The van der Waals surface area contributed by atoms with Crippen LogP contribution in [0.25, 0.3) is 0 Å². The maximum atomic E-state index is 6.01. The third-order valence-corrected chi connectivity index (χ3v) is 4.22. The Bertz CT molecular complexity index is 356. The van der Waals surface area contributed by atoms with E-state index in [0.717, 1.165) is 23.7 Å². The highest BCUT2D eigenvalue weighted by molar-refractivity contribution is 7.99. The molecule has 0 bridgehead atoms. The first-order valence-corrected chi connectivity index (χ1v) is 6.44. The maximum Gasteiger partial charge on any atom is 0.0519 e. The standard InChI is InChI=1S/C11H15ClN2S/c1-14-9(4-5-13)7-15-11-3-2-8(12)6-10(11)14/h2-3,6,9H,4-5,7,13H2,1H3. The fraction of sp³-hybridized carbons (Fsp3) is 0.455. The number of nitrogens with two attached hydrogens (primary N) is 1. The lowest BCUT2D eigenvalue weighted by Crippen LogP contribution is -2.38. The number of hydrogen-bond acceptors (Lipinski definition) is 3. The minimum absolute atomic E-state index is 0.533. The summed E-state index contributed by atoms with van der Waals surface area (Å²) in [5.41, 5.74) is 6.84. The number of hydrogen-bond donors (Lipinski definition) is 1. The summed E-state index contributed by atoms with van der Waals surface area (Å²) in [7, 11) is 2.12. The molecule has 0 saturated heterocycles. The fourth-order valence-corrected chi connectivity index (χ4v) is 3.30. The van der Waals surface area contributed by atoms with Gasteiger partial charge in [-0.15, -0.1) is 11.8 Å². The van der Waals surface area contributed by atoms with Crippen LogP contribution < -0.4 is 10.6 Å². The Hall–Kier alpha value is -0.380. The molecule has 4 heteroatoms. The van der Waals surface area contributed by atoms with Crippen molar-refractivity contribution in [2.75, 3.05) is 24.2 Å². The summed E-state index contributed by atoms with van der Waals surface area (Å²) >= 11 is 7.90. The highest BCUT2D eigenvalue weighted by atomic mass is 35.5. The molecule has 1 aromatic rings. The van der Waals surface area contributed by atoms with Crippen molar-refractivity contribution in [2.45, 2.75) is 17.4 Å². The highest BCUT2D eigenvalue weighted by Crippen LogP contribution is 2.38. The van der Waals surface area contributed by atoms with Crippen LogP contribution >= 0.6 is 23.4 Å². The third kappa shape index (κ3) is 2.25. The first-order chi connectivity index (χ1) is 7.22. The Balaban J connectivity index is 2.28. The number of nitrogens with zero attached hydrogens (tertiary/aromatic N) is 1. The molecule has 1 atom stereocenters. The summed E-state index contributed by atoms with van der Waals surface area (Å²) in [5.74, 6) is 1.11. The first kappa shape index (κ1) is 11.1. The maximum absolute atomic E-state index is 6.01. The van der Waals surface area contributed by atoms with E-state index in [4.69, 9.17) is 17.3 Å². The Labute approximate surface area is 99.8 Å². The van der Waals surface area contributed by atoms with Crippen molar-refractivity contribution in [2.24, 2.45) is 5.73 Å². The minimum atomic E-state index is 0.533. The van der Waals surface area contributed by atoms with Gasteiger partial charge in [-0.2, -0.15) is 0 Å². The Kier molecular flexibility index (Phi) is 3.44. The van der Waals surface area contributed by atoms with E-state index in [1.54, 1.807) is 0 Å². The van der Waals surface area contributed by atoms with Gasteiger partial charge in [0.15, 0.2) is 0 Å². The molecule has 1 aliphatic rings. The molecular weight excluding hydrogens is 228 g/mol. The predicted octanol–water partition coefficient (Wildman–Crippen LogP) is 2.60. The topological polar surface area (TPSA) is 29.3 Å². The molecule has 2 nitrogen and oxygen atoms in total. The van der Waals surface area contributed by atoms with Crippen molar-refractivity contribution in [3.8, 4) is 0 Å². The van der Waals surface area contributed by atoms with Crippen molar-refractivity contribution < 1.29 is 0 Å². The molecule has 0 saturated carbocycles. The second kappa shape index (κ2) is 4.64. The van der Waals surface area contributed by atoms with Crippen molar-refractivity contribution in [1.29, 1.82) is 0 Å². The predicted molar refractivity (Wildman–Crippen MR) is 68.0 cm³/mol. The Morgan fingerprint density at radius 1 is 1.60 bits per heavy atom. The quantitative estimate of drug-likeness (QED) is 0.865. The van der Waals surface area contributed by atoms with E-state index in [2.05, 4.69) is 18.0 Å². The van der Waals surface area contributed by atoms with Crippen molar-refractivity contribution in [1.82, 2.24) is 0 Å². The van der Waals surface area contributed by atoms with Gasteiger partial charge in [0.1, 0.15) is 0 Å². The average molecular weight is 243 g/mol. The molecule has 0 amide bonds. The molecule has 0 aromatic heterocycles. The first-order valence-electron chi connectivity index (χ1n) is 5.07. The Morgan fingerprint density at radius 3 is 3.13 bits per heavy atom. The normalized spacial score (nSPS) is 20.2. The van der Waals surface area contributed by atoms with E-state index in [0.29, 0.717) is 6.04 Å². The van der Waals surface area contributed by atoms with E-state index in [-0.39, 0.29) is 0 Å². The van der Waals surface area contributed by atoms with Gasteiger partial charge in [0.05, 0.1) is 5.69 Å². The van der Waals surface area contributed by atoms with Crippen LogP contribution in [0.5, 0.6) is 0 Å². The number of benzene rings is 1. The van der Waals surface area contributed by atoms with E-state index in [9.17, 15) is 0 Å². The zero-order valence-corrected chi connectivity index (χ0v) is 10.3. The summed E-state index contributed by atoms with van der Waals surface area (Å²) in [6, 6.07) is 6.61. The van der Waals surface area contributed by atoms with Gasteiger partial charge in [-0.25, -0.2) is 0 Å². The van der Waals surface area contributed by atoms with Gasteiger partial charge < -0.3 is 10.6 Å². The molecule has 0 radical (unpaired) electrons. The summed E-state index contributed by atoms with van der Waals surface area (Å²) in [6.07, 6.45) is 1.04. The third-order valence-electron chi connectivity index (χ3n) is 2.78. The summed E-state index contributed by atoms with van der Waals surface area (Å²) in [5, 5.41) is 0.801. The van der Waals surface area contributed by atoms with Crippen molar-refractivity contribution in [3.05, 3.63) is 23.2 Å². The van der Waals surface area contributed by atoms with Crippen LogP contribution in [-0.2, 0) is 0 Å². The molecular formula is C11H15ClN2S. The molecule has 0 spiro atoms. The number of thioether (sulfide) groups is 1. The van der Waals surface area contributed by atoms with E-state index >= 15 is 0 Å². The zero-order valence-electron chi connectivity index (χ0n) is 8.74. The lowest BCUT2D eigenvalue weighted by molar-refractivity contribution is 0.633. The molecule has 1 aromatic carbocycles. The second-order valence-electron chi connectivity index (χ2n) is 3.77. The van der Waals surface area contributed by atoms with Gasteiger partial charge in [0.2, 0.25) is 0 Å². The number of rotatable bonds is 2. The van der Waals surface area contributed by atoms with Crippen LogP contribution in [0, 0.1) is 0 Å². The lowest BCUT2D eigenvalue weighted by atomic mass is 10.1. The molecule has 0 fully saturated rings. The molecule has 2 rings (SSSR count). The van der Waals surface area contributed by atoms with Gasteiger partial charge in [0.25, 0.3) is 0 Å². The summed E-state index contributed by atoms with van der Waals surface area (Å²) in [4.78, 5) is 3.61. The second-order valence-corrected chi connectivity index (χ2v) is 5.26. The number of anilines is 1. The molecule has 1 heterocycles. The van der Waals surface area contributed by atoms with E-state index in [1.165, 1.54) is 10.6 Å². The lowest BCUT2D eigenvalue weighted by Gasteiger charge is -2.35. The monoisotopic (exact) mass is 242 g/mol. The molecule has 1 unspecified atom stereocenters. The number of halogens is 1. The van der Waals surface area contributed by atoms with Gasteiger partial charge in [-0.05, 0) is 31.2 Å². The number of fused-ring (bicyclic) bond motifs is 1. The molecule has 2 N–H and O–H groups in total. The van der Waals surface area contributed by atoms with Crippen LogP contribution in [-0.4, -0.2) is 25.4 Å². The minimum Gasteiger partial charge on any atom is -0.370 e. The largest absolute Gasteiger partial charge is 0.370 e. The summed E-state index contributed by atoms with van der Waals surface area (Å²) in [6.45, 7) is 0.742. The zero-order chi connectivity index (χ0) is 10.8. The van der Waals surface area contributed by atoms with Crippen LogP contribution in [0.15, 0.2) is 23.1 Å². The molecule has 1 aliphatic heterocycles. The smallest absolute Gasteiger partial charge is 0.0519 e. The molecule has 15 heavy (non-hydrogen) atoms. The van der Waals surface area contributed by atoms with Crippen molar-refractivity contribution in [3.63, 3.8) is 0 Å². The average Bonchev–Trinajstić information content (AvgIpc) is 2.23. The van der Waals surface area contributed by atoms with Crippen LogP contribution in [0.3, 0.4) is 0 Å². The van der Waals surface area contributed by atoms with Gasteiger partial charge in [-0.1, -0.05) is 11.6 Å². The Morgan fingerprint density at radius 2 is 2.40 bits per heavy atom. The van der Waals surface area contributed by atoms with Crippen LogP contribution in [0.1, 0.15) is 6.42 Å². The fourth-order valence-electron chi connectivity index (χ4n) is 1.85.